The molecule has 0 heterocycles. The van der Waals surface area contributed by atoms with Crippen LogP contribution in [0, 0.1) is 0 Å². The largest absolute Gasteiger partial charge is 0.695 e. The molecule has 0 bridgehead atoms. The number of unbranched alkanes of at least 4 members (excludes halogenated alkanes) is 1. The highest BCUT2D eigenvalue weighted by atomic mass is 31.1. The molecule has 0 aliphatic carbocycles. The molecule has 0 aliphatic heterocycles. The second-order valence-corrected chi connectivity index (χ2v) is 4.15. The van der Waals surface area contributed by atoms with Gasteiger partial charge in [-0.2, -0.15) is 0 Å². The smallest absolute Gasteiger partial charge is 0.133 e. The average molecular weight is 255 g/mol. The molecule has 0 radical (unpaired) electrons. The zero-order valence-corrected chi connectivity index (χ0v) is 11.3. The van der Waals surface area contributed by atoms with Crippen molar-refractivity contribution >= 4 is 14.3 Å². The molecule has 1 atom stereocenters. The number of benzene rings is 1. The summed E-state index contributed by atoms with van der Waals surface area (Å²) in [7, 11) is -2.53. The van der Waals surface area contributed by atoms with Gasteiger partial charge in [-0.15, -0.1) is 9.42 Å². The van der Waals surface area contributed by atoms with Crippen LogP contribution in [-0.2, 0) is 15.7 Å². The summed E-state index contributed by atoms with van der Waals surface area (Å²) < 4.78 is 14.9. The van der Waals surface area contributed by atoms with Crippen LogP contribution >= 0.6 is 8.25 Å². The molecule has 1 aromatic carbocycles. The number of hydrogen-bond acceptors (Lipinski definition) is 2. The third-order valence-electron chi connectivity index (χ3n) is 2.11. The zero-order chi connectivity index (χ0) is 13.1. The lowest BCUT2D eigenvalue weighted by molar-refractivity contribution is 0.272. The van der Waals surface area contributed by atoms with Crippen molar-refractivity contribution in [2.75, 3.05) is 0 Å². The van der Waals surface area contributed by atoms with E-state index in [1.807, 2.05) is 24.3 Å². The molecule has 0 fully saturated rings. The molecule has 1 aromatic rings. The van der Waals surface area contributed by atoms with Crippen molar-refractivity contribution in [2.24, 2.45) is 0 Å². The van der Waals surface area contributed by atoms with Gasteiger partial charge >= 0.3 is 8.25 Å². The SMILES string of the molecule is C=Cc1ccccc1CO[P+](=O)O.CCCC. The third-order valence-corrected chi connectivity index (χ3v) is 2.46. The van der Waals surface area contributed by atoms with Crippen molar-refractivity contribution < 1.29 is 14.0 Å². The Morgan fingerprint density at radius 1 is 1.35 bits per heavy atom. The van der Waals surface area contributed by atoms with Crippen LogP contribution in [0.15, 0.2) is 30.8 Å². The predicted molar refractivity (Wildman–Crippen MR) is 71.7 cm³/mol. The number of rotatable bonds is 5. The molecule has 1 rings (SSSR count). The number of hydrogen-bond donors (Lipinski definition) is 1. The van der Waals surface area contributed by atoms with Gasteiger partial charge in [-0.25, -0.2) is 0 Å². The molecule has 1 N–H and O–H groups in total. The molecule has 17 heavy (non-hydrogen) atoms. The van der Waals surface area contributed by atoms with Gasteiger partial charge in [0.25, 0.3) is 0 Å². The fraction of sp³-hybridized carbons (Fsp3) is 0.385. The Morgan fingerprint density at radius 2 is 1.94 bits per heavy atom. The minimum atomic E-state index is -2.53. The van der Waals surface area contributed by atoms with Crippen molar-refractivity contribution in [3.8, 4) is 0 Å². The maximum atomic E-state index is 10.3. The maximum Gasteiger partial charge on any atom is 0.695 e. The van der Waals surface area contributed by atoms with E-state index in [0.29, 0.717) is 0 Å². The van der Waals surface area contributed by atoms with E-state index in [4.69, 9.17) is 4.89 Å². The average Bonchev–Trinajstić information content (AvgIpc) is 2.37. The summed E-state index contributed by atoms with van der Waals surface area (Å²) in [5.41, 5.74) is 1.77. The molecular weight excluding hydrogens is 235 g/mol. The van der Waals surface area contributed by atoms with Gasteiger partial charge in [0, 0.05) is 4.57 Å². The molecule has 1 unspecified atom stereocenters. The summed E-state index contributed by atoms with van der Waals surface area (Å²) in [6.45, 7) is 8.12. The van der Waals surface area contributed by atoms with Crippen LogP contribution in [0.3, 0.4) is 0 Å². The Hall–Kier alpha value is -1.02. The van der Waals surface area contributed by atoms with Gasteiger partial charge in [0.15, 0.2) is 0 Å². The van der Waals surface area contributed by atoms with Crippen LogP contribution in [0.5, 0.6) is 0 Å². The quantitative estimate of drug-likeness (QED) is 0.798. The molecule has 3 nitrogen and oxygen atoms in total. The van der Waals surface area contributed by atoms with E-state index in [0.717, 1.165) is 11.1 Å². The third kappa shape index (κ3) is 7.81. The second-order valence-electron chi connectivity index (χ2n) is 3.41. The van der Waals surface area contributed by atoms with Crippen molar-refractivity contribution in [3.63, 3.8) is 0 Å². The van der Waals surface area contributed by atoms with Gasteiger partial charge < -0.3 is 0 Å². The molecule has 0 spiro atoms. The van der Waals surface area contributed by atoms with Gasteiger partial charge in [0.1, 0.15) is 6.61 Å². The van der Waals surface area contributed by atoms with Crippen LogP contribution < -0.4 is 0 Å². The van der Waals surface area contributed by atoms with Crippen LogP contribution in [0.1, 0.15) is 37.8 Å². The van der Waals surface area contributed by atoms with Gasteiger partial charge in [0.05, 0.1) is 0 Å². The van der Waals surface area contributed by atoms with Gasteiger partial charge in [-0.05, 0) is 11.1 Å². The van der Waals surface area contributed by atoms with Crippen LogP contribution in [0.25, 0.3) is 6.08 Å². The minimum Gasteiger partial charge on any atom is -0.133 e. The summed E-state index contributed by atoms with van der Waals surface area (Å²) in [4.78, 5) is 8.44. The Balaban J connectivity index is 0.000000557. The van der Waals surface area contributed by atoms with Crippen molar-refractivity contribution in [2.45, 2.75) is 33.3 Å². The monoisotopic (exact) mass is 255 g/mol. The summed E-state index contributed by atoms with van der Waals surface area (Å²) in [5.74, 6) is 0. The molecule has 0 aliphatic rings. The topological polar surface area (TPSA) is 46.5 Å². The summed E-state index contributed by atoms with van der Waals surface area (Å²) in [5, 5.41) is 0. The molecule has 94 valence electrons. The van der Waals surface area contributed by atoms with E-state index < -0.39 is 8.25 Å². The van der Waals surface area contributed by atoms with Gasteiger partial charge in [0.2, 0.25) is 0 Å². The van der Waals surface area contributed by atoms with Crippen molar-refractivity contribution in [1.29, 1.82) is 0 Å². The minimum absolute atomic E-state index is 0.133. The lowest BCUT2D eigenvalue weighted by Gasteiger charge is -1.99. The highest BCUT2D eigenvalue weighted by Gasteiger charge is 2.12. The normalized spacial score (nSPS) is 10.2. The molecular formula is C13H20O3P+. The van der Waals surface area contributed by atoms with E-state index in [2.05, 4.69) is 25.0 Å². The summed E-state index contributed by atoms with van der Waals surface area (Å²) in [6, 6.07) is 7.42. The Labute approximate surface area is 104 Å². The van der Waals surface area contributed by atoms with E-state index in [1.54, 1.807) is 6.08 Å². The lowest BCUT2D eigenvalue weighted by atomic mass is 10.1. The molecule has 0 aromatic heterocycles. The zero-order valence-electron chi connectivity index (χ0n) is 10.4. The van der Waals surface area contributed by atoms with Crippen LogP contribution in [-0.4, -0.2) is 4.89 Å². The summed E-state index contributed by atoms with van der Waals surface area (Å²) >= 11 is 0. The van der Waals surface area contributed by atoms with E-state index in [9.17, 15) is 4.57 Å². The molecule has 4 heteroatoms. The van der Waals surface area contributed by atoms with Gasteiger partial charge in [-0.1, -0.05) is 63.6 Å². The second kappa shape index (κ2) is 10.2. The first-order valence-electron chi connectivity index (χ1n) is 5.65. The Kier molecular flexibility index (Phi) is 9.55. The van der Waals surface area contributed by atoms with E-state index >= 15 is 0 Å². The molecule has 0 amide bonds. The fourth-order valence-corrected chi connectivity index (χ4v) is 1.24. The fourth-order valence-electron chi connectivity index (χ4n) is 0.990. The maximum absolute atomic E-state index is 10.3. The molecule has 0 saturated heterocycles. The first-order valence-corrected chi connectivity index (χ1v) is 6.78. The summed E-state index contributed by atoms with van der Waals surface area (Å²) in [6.07, 6.45) is 4.32. The van der Waals surface area contributed by atoms with Crippen molar-refractivity contribution in [3.05, 3.63) is 42.0 Å². The van der Waals surface area contributed by atoms with Crippen LogP contribution in [0.2, 0.25) is 0 Å². The highest BCUT2D eigenvalue weighted by molar-refractivity contribution is 7.32. The standard InChI is InChI=1S/C9H9O3P.C4H10/c1-2-8-5-3-4-6-9(8)7-12-13(10)11;1-3-4-2/h2-6H,1,7H2;3-4H2,1-2H3/p+1. The predicted octanol–water partition coefficient (Wildman–Crippen LogP) is 4.30. The van der Waals surface area contributed by atoms with Crippen molar-refractivity contribution in [1.82, 2.24) is 0 Å². The Bertz CT molecular complexity index is 348. The lowest BCUT2D eigenvalue weighted by Crippen LogP contribution is -1.89. The first kappa shape index (κ1) is 16.0. The van der Waals surface area contributed by atoms with Crippen LogP contribution in [0.4, 0.5) is 0 Å². The highest BCUT2D eigenvalue weighted by Crippen LogP contribution is 2.20. The Morgan fingerprint density at radius 3 is 2.41 bits per heavy atom. The van der Waals surface area contributed by atoms with Gasteiger partial charge in [-0.3, -0.25) is 0 Å². The van der Waals surface area contributed by atoms with E-state index in [-0.39, 0.29) is 6.61 Å². The molecule has 0 saturated carbocycles. The first-order chi connectivity index (χ1) is 8.15. The van der Waals surface area contributed by atoms with E-state index in [1.165, 1.54) is 12.8 Å².